The normalized spacial score (nSPS) is 19.5. The number of hydrogen-bond donors (Lipinski definition) is 1. The number of aromatic carboxylic acids is 1. The Morgan fingerprint density at radius 2 is 1.35 bits per heavy atom. The smallest absolute Gasteiger partial charge is 0.335 e. The Morgan fingerprint density at radius 1 is 0.791 bits per heavy atom. The van der Waals surface area contributed by atoms with Crippen LogP contribution >= 0.6 is 11.3 Å². The summed E-state index contributed by atoms with van der Waals surface area (Å²) < 4.78 is 11.4. The van der Waals surface area contributed by atoms with E-state index in [1.165, 1.54) is 81.2 Å². The van der Waals surface area contributed by atoms with E-state index in [9.17, 15) is 4.79 Å². The number of unbranched alkanes of at least 4 members (excludes halogenated alkanes) is 5. The first-order chi connectivity index (χ1) is 21.1. The van der Waals surface area contributed by atoms with Crippen LogP contribution in [-0.4, -0.2) is 84.8 Å². The minimum absolute atomic E-state index is 0.268. The highest BCUT2D eigenvalue weighted by Gasteiger charge is 2.28. The summed E-state index contributed by atoms with van der Waals surface area (Å²) in [6, 6.07) is 16.1. The Hall–Kier alpha value is -2.85. The summed E-state index contributed by atoms with van der Waals surface area (Å²) in [6.07, 6.45) is 12.9. The second-order valence-corrected chi connectivity index (χ2v) is 12.8. The Bertz CT molecular complexity index is 1250. The first kappa shape index (κ1) is 31.6. The average Bonchev–Trinajstić information content (AvgIpc) is 3.55. The van der Waals surface area contributed by atoms with Crippen LogP contribution in [0.4, 0.5) is 5.69 Å². The molecular formula is C34H46N4O4S. The summed E-state index contributed by atoms with van der Waals surface area (Å²) in [5, 5.41) is 19.5. The Morgan fingerprint density at radius 3 is 1.93 bits per heavy atom. The molecule has 8 nitrogen and oxygen atoms in total. The maximum Gasteiger partial charge on any atom is 0.335 e. The molecule has 0 bridgehead atoms. The van der Waals surface area contributed by atoms with E-state index in [0.29, 0.717) is 12.1 Å². The predicted octanol–water partition coefficient (Wildman–Crippen LogP) is 7.01. The van der Waals surface area contributed by atoms with E-state index >= 15 is 0 Å². The second kappa shape index (κ2) is 16.3. The summed E-state index contributed by atoms with van der Waals surface area (Å²) in [4.78, 5) is 16.3. The van der Waals surface area contributed by atoms with Crippen LogP contribution in [0.3, 0.4) is 0 Å². The third-order valence-electron chi connectivity index (χ3n) is 8.85. The number of methoxy groups -OCH3 is 1. The fourth-order valence-corrected chi connectivity index (χ4v) is 7.11. The highest BCUT2D eigenvalue weighted by Crippen LogP contribution is 2.32. The summed E-state index contributed by atoms with van der Waals surface area (Å²) in [7, 11) is 1.78. The Balaban J connectivity index is 1.000. The molecule has 0 atom stereocenters. The topological polar surface area (TPSA) is 88.0 Å². The van der Waals surface area contributed by atoms with Crippen molar-refractivity contribution in [2.24, 2.45) is 0 Å². The Labute approximate surface area is 260 Å². The number of nitrogens with zero attached hydrogens (tertiary/aromatic N) is 4. The van der Waals surface area contributed by atoms with Crippen LogP contribution in [0.1, 0.15) is 74.6 Å². The van der Waals surface area contributed by atoms with Crippen molar-refractivity contribution in [2.45, 2.75) is 76.4 Å². The monoisotopic (exact) mass is 606 g/mol. The lowest BCUT2D eigenvalue weighted by atomic mass is 9.91. The number of hydrogen-bond acceptors (Lipinski definition) is 8. The predicted molar refractivity (Wildman–Crippen MR) is 173 cm³/mol. The molecule has 2 fully saturated rings. The van der Waals surface area contributed by atoms with Gasteiger partial charge in [-0.2, -0.15) is 0 Å². The zero-order valence-electron chi connectivity index (χ0n) is 25.5. The van der Waals surface area contributed by atoms with Gasteiger partial charge in [0.05, 0.1) is 11.7 Å². The van der Waals surface area contributed by atoms with Gasteiger partial charge >= 0.3 is 5.97 Å². The first-order valence-corrected chi connectivity index (χ1v) is 16.8. The number of carbonyl (C=O) groups is 1. The van der Waals surface area contributed by atoms with E-state index in [0.717, 1.165) is 60.5 Å². The molecular weight excluding hydrogens is 560 g/mol. The van der Waals surface area contributed by atoms with Crippen LogP contribution in [0.5, 0.6) is 0 Å². The van der Waals surface area contributed by atoms with Crippen LogP contribution in [0.25, 0.3) is 21.1 Å². The minimum atomic E-state index is -0.930. The lowest BCUT2D eigenvalue weighted by Crippen LogP contribution is -2.51. The number of benzene rings is 2. The zero-order chi connectivity index (χ0) is 29.9. The van der Waals surface area contributed by atoms with Crippen molar-refractivity contribution in [1.29, 1.82) is 0 Å². The van der Waals surface area contributed by atoms with Crippen molar-refractivity contribution in [3.8, 4) is 21.1 Å². The molecule has 1 saturated heterocycles. The second-order valence-electron chi connectivity index (χ2n) is 11.8. The van der Waals surface area contributed by atoms with Crippen LogP contribution < -0.4 is 4.90 Å². The molecule has 3 aromatic rings. The van der Waals surface area contributed by atoms with Gasteiger partial charge in [0.1, 0.15) is 10.0 Å². The summed E-state index contributed by atoms with van der Waals surface area (Å²) >= 11 is 1.52. The van der Waals surface area contributed by atoms with E-state index in [4.69, 9.17) is 14.6 Å². The average molecular weight is 607 g/mol. The van der Waals surface area contributed by atoms with Crippen LogP contribution in [-0.2, 0) is 9.47 Å². The van der Waals surface area contributed by atoms with Gasteiger partial charge in [0.15, 0.2) is 0 Å². The molecule has 5 rings (SSSR count). The van der Waals surface area contributed by atoms with Crippen LogP contribution in [0.15, 0.2) is 48.5 Å². The van der Waals surface area contributed by atoms with Gasteiger partial charge in [0.2, 0.25) is 0 Å². The van der Waals surface area contributed by atoms with Crippen LogP contribution in [0, 0.1) is 0 Å². The van der Waals surface area contributed by atoms with Crippen molar-refractivity contribution in [1.82, 2.24) is 15.1 Å². The van der Waals surface area contributed by atoms with E-state index < -0.39 is 5.97 Å². The van der Waals surface area contributed by atoms with Gasteiger partial charge in [-0.25, -0.2) is 4.79 Å². The van der Waals surface area contributed by atoms with Crippen molar-refractivity contribution < 1.29 is 19.4 Å². The summed E-state index contributed by atoms with van der Waals surface area (Å²) in [5.41, 5.74) is 3.44. The Kier molecular flexibility index (Phi) is 12.0. The highest BCUT2D eigenvalue weighted by molar-refractivity contribution is 7.17. The fourth-order valence-electron chi connectivity index (χ4n) is 6.25. The standard InChI is InChI=1S/C34H46N4O4S/c1-41-24-6-4-2-3-5-7-25-42-31-18-16-30(17-19-31)38-22-20-37(21-23-38)29-14-12-27(13-15-29)33-36-35-32(43-33)26-8-10-28(11-9-26)34(39)40/h8-15,30-31H,2-7,16-25H2,1H3,(H,39,40). The lowest BCUT2D eigenvalue weighted by Gasteiger charge is -2.42. The lowest BCUT2D eigenvalue weighted by molar-refractivity contribution is 0.00475. The maximum atomic E-state index is 11.1. The van der Waals surface area contributed by atoms with Crippen LogP contribution in [0.2, 0.25) is 0 Å². The molecule has 1 N–H and O–H groups in total. The molecule has 9 heteroatoms. The van der Waals surface area contributed by atoms with Gasteiger partial charge < -0.3 is 19.5 Å². The van der Waals surface area contributed by atoms with Gasteiger partial charge in [-0.1, -0.05) is 49.2 Å². The summed E-state index contributed by atoms with van der Waals surface area (Å²) in [5.74, 6) is -0.930. The SMILES string of the molecule is COCCCCCCCCOC1CCC(N2CCN(c3ccc(-c4nnc(-c5ccc(C(=O)O)cc5)s4)cc3)CC2)CC1. The number of rotatable bonds is 15. The molecule has 1 aliphatic heterocycles. The molecule has 1 aromatic heterocycles. The molecule has 2 aliphatic rings. The van der Waals surface area contributed by atoms with Gasteiger partial charge in [-0.15, -0.1) is 10.2 Å². The third kappa shape index (κ3) is 9.08. The molecule has 0 radical (unpaired) electrons. The third-order valence-corrected chi connectivity index (χ3v) is 9.88. The van der Waals surface area contributed by atoms with Gasteiger partial charge in [-0.05, 0) is 74.9 Å². The quantitative estimate of drug-likeness (QED) is 0.185. The molecule has 2 aromatic carbocycles. The molecule has 43 heavy (non-hydrogen) atoms. The van der Waals surface area contributed by atoms with E-state index in [-0.39, 0.29) is 5.56 Å². The van der Waals surface area contributed by atoms with Crippen molar-refractivity contribution in [3.05, 3.63) is 54.1 Å². The molecule has 0 spiro atoms. The number of ether oxygens (including phenoxy) is 2. The van der Waals surface area contributed by atoms with Crippen molar-refractivity contribution in [3.63, 3.8) is 0 Å². The number of carboxylic acid groups (broad SMARTS) is 1. The maximum absolute atomic E-state index is 11.1. The van der Waals surface area contributed by atoms with Crippen molar-refractivity contribution in [2.75, 3.05) is 51.4 Å². The number of piperazine rings is 1. The van der Waals surface area contributed by atoms with E-state index in [1.807, 2.05) is 0 Å². The number of aromatic nitrogens is 2. The minimum Gasteiger partial charge on any atom is -0.478 e. The zero-order valence-corrected chi connectivity index (χ0v) is 26.3. The molecule has 1 saturated carbocycles. The summed E-state index contributed by atoms with van der Waals surface area (Å²) in [6.45, 7) is 6.15. The van der Waals surface area contributed by atoms with Gasteiger partial charge in [-0.3, -0.25) is 4.90 Å². The first-order valence-electron chi connectivity index (χ1n) is 16.0. The molecule has 0 amide bonds. The molecule has 2 heterocycles. The van der Waals surface area contributed by atoms with Gasteiger partial charge in [0, 0.05) is 69.4 Å². The highest BCUT2D eigenvalue weighted by atomic mass is 32.1. The largest absolute Gasteiger partial charge is 0.478 e. The number of anilines is 1. The molecule has 232 valence electrons. The number of carboxylic acids is 1. The van der Waals surface area contributed by atoms with E-state index in [2.05, 4.69) is 44.3 Å². The van der Waals surface area contributed by atoms with Gasteiger partial charge in [0.25, 0.3) is 0 Å². The van der Waals surface area contributed by atoms with Crippen molar-refractivity contribution >= 4 is 23.0 Å². The molecule has 1 aliphatic carbocycles. The fraction of sp³-hybridized carbons (Fsp3) is 0.559. The molecule has 0 unspecified atom stereocenters. The van der Waals surface area contributed by atoms with E-state index in [1.54, 1.807) is 31.4 Å².